The van der Waals surface area contributed by atoms with Gasteiger partial charge >= 0.3 is 0 Å². The second-order valence-electron chi connectivity index (χ2n) is 6.32. The molecule has 1 N–H and O–H groups in total. The van der Waals surface area contributed by atoms with E-state index in [-0.39, 0.29) is 30.6 Å². The molecule has 146 valence electrons. The SMILES string of the molecule is CCCN(CCC)C(=O)CCC(=O)Nc1ncn(Cc2ccc(Br)cc2)n1. The van der Waals surface area contributed by atoms with E-state index in [0.717, 1.165) is 36.0 Å². The van der Waals surface area contributed by atoms with Crippen LogP contribution in [0.25, 0.3) is 0 Å². The number of anilines is 1. The minimum absolute atomic E-state index is 0.0163. The fourth-order valence-corrected chi connectivity index (χ4v) is 2.94. The van der Waals surface area contributed by atoms with Crippen LogP contribution in [0.3, 0.4) is 0 Å². The molecule has 0 fully saturated rings. The Hall–Kier alpha value is -2.22. The summed E-state index contributed by atoms with van der Waals surface area (Å²) in [6.07, 6.45) is 3.73. The van der Waals surface area contributed by atoms with Gasteiger partial charge in [-0.25, -0.2) is 9.67 Å². The van der Waals surface area contributed by atoms with Gasteiger partial charge in [0, 0.05) is 30.4 Å². The smallest absolute Gasteiger partial charge is 0.248 e. The highest BCUT2D eigenvalue weighted by molar-refractivity contribution is 9.10. The Balaban J connectivity index is 1.81. The second kappa shape index (κ2) is 10.8. The summed E-state index contributed by atoms with van der Waals surface area (Å²) in [6.45, 7) is 6.11. The quantitative estimate of drug-likeness (QED) is 0.619. The van der Waals surface area contributed by atoms with Crippen molar-refractivity contribution >= 4 is 33.7 Å². The molecule has 0 saturated carbocycles. The average molecular weight is 436 g/mol. The number of benzene rings is 1. The second-order valence-corrected chi connectivity index (χ2v) is 7.24. The molecule has 7 nitrogen and oxygen atoms in total. The molecule has 2 amide bonds. The number of carbonyl (C=O) groups excluding carboxylic acids is 2. The topological polar surface area (TPSA) is 80.1 Å². The Morgan fingerprint density at radius 1 is 1.11 bits per heavy atom. The zero-order valence-electron chi connectivity index (χ0n) is 15.8. The van der Waals surface area contributed by atoms with Gasteiger partial charge in [0.2, 0.25) is 17.8 Å². The van der Waals surface area contributed by atoms with Crippen molar-refractivity contribution in [3.8, 4) is 0 Å². The van der Waals surface area contributed by atoms with Gasteiger partial charge in [-0.1, -0.05) is 41.9 Å². The van der Waals surface area contributed by atoms with Gasteiger partial charge in [0.25, 0.3) is 0 Å². The summed E-state index contributed by atoms with van der Waals surface area (Å²) in [5.74, 6) is 0.0174. The summed E-state index contributed by atoms with van der Waals surface area (Å²) in [7, 11) is 0. The number of rotatable bonds is 10. The number of hydrogen-bond donors (Lipinski definition) is 1. The van der Waals surface area contributed by atoms with E-state index in [2.05, 4.69) is 31.3 Å². The number of nitrogens with zero attached hydrogens (tertiary/aromatic N) is 4. The van der Waals surface area contributed by atoms with Crippen LogP contribution in [-0.4, -0.2) is 44.6 Å². The number of halogens is 1. The van der Waals surface area contributed by atoms with Gasteiger partial charge in [-0.2, -0.15) is 0 Å². The number of hydrogen-bond acceptors (Lipinski definition) is 4. The molecule has 0 aliphatic heterocycles. The first-order valence-corrected chi connectivity index (χ1v) is 10.0. The number of nitrogens with one attached hydrogen (secondary N) is 1. The fourth-order valence-electron chi connectivity index (χ4n) is 2.67. The van der Waals surface area contributed by atoms with Gasteiger partial charge in [0.15, 0.2) is 0 Å². The first-order valence-electron chi connectivity index (χ1n) is 9.23. The highest BCUT2D eigenvalue weighted by Gasteiger charge is 2.14. The summed E-state index contributed by atoms with van der Waals surface area (Å²) in [4.78, 5) is 30.2. The Kier molecular flexibility index (Phi) is 8.44. The molecule has 0 saturated heterocycles. The van der Waals surface area contributed by atoms with Crippen LogP contribution in [-0.2, 0) is 16.1 Å². The predicted octanol–water partition coefficient (Wildman–Crippen LogP) is 3.46. The van der Waals surface area contributed by atoms with Crippen molar-refractivity contribution in [3.63, 3.8) is 0 Å². The Labute approximate surface area is 168 Å². The van der Waals surface area contributed by atoms with Gasteiger partial charge in [-0.3, -0.25) is 14.9 Å². The third kappa shape index (κ3) is 7.13. The zero-order valence-corrected chi connectivity index (χ0v) is 17.4. The standard InChI is InChI=1S/C19H26BrN5O2/c1-3-11-24(12-4-2)18(27)10-9-17(26)22-19-21-14-25(23-19)13-15-5-7-16(20)8-6-15/h5-8,14H,3-4,9-13H2,1-2H3,(H,22,23,26). The van der Waals surface area contributed by atoms with Gasteiger partial charge < -0.3 is 4.90 Å². The van der Waals surface area contributed by atoms with E-state index in [9.17, 15) is 9.59 Å². The molecule has 0 unspecified atom stereocenters. The van der Waals surface area contributed by atoms with E-state index >= 15 is 0 Å². The molecule has 2 aromatic rings. The molecular weight excluding hydrogens is 410 g/mol. The van der Waals surface area contributed by atoms with Crippen molar-refractivity contribution in [2.45, 2.75) is 46.1 Å². The van der Waals surface area contributed by atoms with Crippen molar-refractivity contribution < 1.29 is 9.59 Å². The van der Waals surface area contributed by atoms with Crippen LogP contribution in [0.1, 0.15) is 45.1 Å². The minimum atomic E-state index is -0.252. The summed E-state index contributed by atoms with van der Waals surface area (Å²) < 4.78 is 2.68. The van der Waals surface area contributed by atoms with Crippen LogP contribution in [0.4, 0.5) is 5.95 Å². The monoisotopic (exact) mass is 435 g/mol. The number of aromatic nitrogens is 3. The number of carbonyl (C=O) groups is 2. The molecule has 0 bridgehead atoms. The predicted molar refractivity (Wildman–Crippen MR) is 108 cm³/mol. The molecule has 27 heavy (non-hydrogen) atoms. The summed E-state index contributed by atoms with van der Waals surface area (Å²) in [6, 6.07) is 7.92. The van der Waals surface area contributed by atoms with Crippen LogP contribution in [0.2, 0.25) is 0 Å². The van der Waals surface area contributed by atoms with Crippen LogP contribution < -0.4 is 5.32 Å². The summed E-state index contributed by atoms with van der Waals surface area (Å²) in [5.41, 5.74) is 1.08. The van der Waals surface area contributed by atoms with E-state index in [1.165, 1.54) is 0 Å². The van der Waals surface area contributed by atoms with E-state index in [1.54, 1.807) is 11.0 Å². The molecule has 0 radical (unpaired) electrons. The van der Waals surface area contributed by atoms with Crippen molar-refractivity contribution in [1.82, 2.24) is 19.7 Å². The molecule has 1 heterocycles. The zero-order chi connectivity index (χ0) is 19.6. The lowest BCUT2D eigenvalue weighted by Crippen LogP contribution is -2.33. The molecule has 8 heteroatoms. The Bertz CT molecular complexity index is 739. The van der Waals surface area contributed by atoms with E-state index in [0.29, 0.717) is 6.54 Å². The average Bonchev–Trinajstić information content (AvgIpc) is 3.08. The lowest BCUT2D eigenvalue weighted by molar-refractivity contribution is -0.133. The molecule has 0 spiro atoms. The molecule has 1 aromatic carbocycles. The van der Waals surface area contributed by atoms with Gasteiger partial charge in [0.1, 0.15) is 6.33 Å². The molecule has 2 rings (SSSR count). The van der Waals surface area contributed by atoms with Gasteiger partial charge in [0.05, 0.1) is 6.54 Å². The van der Waals surface area contributed by atoms with E-state index < -0.39 is 0 Å². The van der Waals surface area contributed by atoms with Crippen molar-refractivity contribution in [1.29, 1.82) is 0 Å². The molecule has 0 aliphatic carbocycles. The summed E-state index contributed by atoms with van der Waals surface area (Å²) >= 11 is 3.40. The minimum Gasteiger partial charge on any atom is -0.343 e. The molecule has 1 aromatic heterocycles. The first-order chi connectivity index (χ1) is 13.0. The van der Waals surface area contributed by atoms with Gasteiger partial charge in [-0.15, -0.1) is 5.10 Å². The molecular formula is C19H26BrN5O2. The summed E-state index contributed by atoms with van der Waals surface area (Å²) in [5, 5.41) is 6.91. The van der Waals surface area contributed by atoms with Crippen molar-refractivity contribution in [2.75, 3.05) is 18.4 Å². The fraction of sp³-hybridized carbons (Fsp3) is 0.474. The third-order valence-electron chi connectivity index (χ3n) is 3.95. The van der Waals surface area contributed by atoms with Crippen molar-refractivity contribution in [2.24, 2.45) is 0 Å². The van der Waals surface area contributed by atoms with Crippen LogP contribution in [0, 0.1) is 0 Å². The lowest BCUT2D eigenvalue weighted by Gasteiger charge is -2.21. The normalized spacial score (nSPS) is 10.6. The largest absolute Gasteiger partial charge is 0.343 e. The Morgan fingerprint density at radius 3 is 2.41 bits per heavy atom. The van der Waals surface area contributed by atoms with E-state index in [1.807, 2.05) is 43.0 Å². The van der Waals surface area contributed by atoms with E-state index in [4.69, 9.17) is 0 Å². The molecule has 0 atom stereocenters. The first kappa shape index (κ1) is 21.1. The molecule has 0 aliphatic rings. The highest BCUT2D eigenvalue weighted by Crippen LogP contribution is 2.11. The Morgan fingerprint density at radius 2 is 1.78 bits per heavy atom. The third-order valence-corrected chi connectivity index (χ3v) is 4.48. The van der Waals surface area contributed by atoms with Crippen LogP contribution in [0.5, 0.6) is 0 Å². The maximum atomic E-state index is 12.2. The lowest BCUT2D eigenvalue weighted by atomic mass is 10.2. The van der Waals surface area contributed by atoms with Crippen LogP contribution in [0.15, 0.2) is 35.1 Å². The van der Waals surface area contributed by atoms with Crippen LogP contribution >= 0.6 is 15.9 Å². The number of amides is 2. The maximum absolute atomic E-state index is 12.2. The van der Waals surface area contributed by atoms with Crippen molar-refractivity contribution in [3.05, 3.63) is 40.6 Å². The highest BCUT2D eigenvalue weighted by atomic mass is 79.9. The maximum Gasteiger partial charge on any atom is 0.248 e. The van der Waals surface area contributed by atoms with Gasteiger partial charge in [-0.05, 0) is 30.5 Å².